The quantitative estimate of drug-likeness (QED) is 0.773. The van der Waals surface area contributed by atoms with E-state index >= 15 is 0 Å². The molecule has 2 rings (SSSR count). The first-order valence-corrected chi connectivity index (χ1v) is 5.93. The van der Waals surface area contributed by atoms with Crippen molar-refractivity contribution >= 4 is 5.97 Å². The van der Waals surface area contributed by atoms with Gasteiger partial charge in [0.15, 0.2) is 5.69 Å². The van der Waals surface area contributed by atoms with Crippen LogP contribution in [0.3, 0.4) is 0 Å². The molecule has 0 aliphatic carbocycles. The highest BCUT2D eigenvalue weighted by molar-refractivity contribution is 5.87. The predicted octanol–water partition coefficient (Wildman–Crippen LogP) is 0.00640. The molecule has 0 aromatic carbocycles. The number of nitrogens with zero attached hydrogens (tertiary/aromatic N) is 3. The SMILES string of the molecule is CCn1ncc(CN2CCNCC2)c1C(=O)O. The van der Waals surface area contributed by atoms with Crippen molar-refractivity contribution in [1.29, 1.82) is 0 Å². The lowest BCUT2D eigenvalue weighted by Crippen LogP contribution is -2.43. The molecule has 0 bridgehead atoms. The zero-order valence-corrected chi connectivity index (χ0v) is 10.0. The molecule has 0 saturated carbocycles. The van der Waals surface area contributed by atoms with Gasteiger partial charge in [-0.25, -0.2) is 4.79 Å². The van der Waals surface area contributed by atoms with Gasteiger partial charge >= 0.3 is 5.97 Å². The van der Waals surface area contributed by atoms with Crippen LogP contribution in [0.4, 0.5) is 0 Å². The number of aryl methyl sites for hydroxylation is 1. The van der Waals surface area contributed by atoms with Crippen molar-refractivity contribution in [1.82, 2.24) is 20.0 Å². The van der Waals surface area contributed by atoms with Gasteiger partial charge in [-0.3, -0.25) is 9.58 Å². The Balaban J connectivity index is 2.14. The van der Waals surface area contributed by atoms with Crippen LogP contribution in [0.1, 0.15) is 23.0 Å². The van der Waals surface area contributed by atoms with Crippen LogP contribution in [0.15, 0.2) is 6.20 Å². The average Bonchev–Trinajstić information content (AvgIpc) is 2.73. The lowest BCUT2D eigenvalue weighted by Gasteiger charge is -2.26. The summed E-state index contributed by atoms with van der Waals surface area (Å²) >= 11 is 0. The maximum absolute atomic E-state index is 11.2. The Labute approximate surface area is 100 Å². The Morgan fingerprint density at radius 3 is 2.82 bits per heavy atom. The first-order chi connectivity index (χ1) is 8.22. The summed E-state index contributed by atoms with van der Waals surface area (Å²) in [6.45, 7) is 6.99. The highest BCUT2D eigenvalue weighted by atomic mass is 16.4. The van der Waals surface area contributed by atoms with Crippen LogP contribution < -0.4 is 5.32 Å². The fourth-order valence-corrected chi connectivity index (χ4v) is 2.14. The largest absolute Gasteiger partial charge is 0.477 e. The van der Waals surface area contributed by atoms with Gasteiger partial charge < -0.3 is 10.4 Å². The third kappa shape index (κ3) is 2.65. The summed E-state index contributed by atoms with van der Waals surface area (Å²) in [6, 6.07) is 0. The van der Waals surface area contributed by atoms with E-state index in [0.717, 1.165) is 31.7 Å². The highest BCUT2D eigenvalue weighted by Gasteiger charge is 2.19. The molecule has 2 N–H and O–H groups in total. The van der Waals surface area contributed by atoms with Crippen LogP contribution in [0.5, 0.6) is 0 Å². The predicted molar refractivity (Wildman–Crippen MR) is 63.0 cm³/mol. The smallest absolute Gasteiger partial charge is 0.354 e. The van der Waals surface area contributed by atoms with E-state index in [0.29, 0.717) is 18.8 Å². The summed E-state index contributed by atoms with van der Waals surface area (Å²) in [4.78, 5) is 13.5. The number of rotatable bonds is 4. The number of carboxylic acids is 1. The molecule has 1 aliphatic heterocycles. The molecule has 17 heavy (non-hydrogen) atoms. The molecule has 6 heteroatoms. The van der Waals surface area contributed by atoms with Crippen LogP contribution in [-0.4, -0.2) is 51.9 Å². The molecule has 2 heterocycles. The van der Waals surface area contributed by atoms with E-state index in [9.17, 15) is 9.90 Å². The van der Waals surface area contributed by atoms with Gasteiger partial charge in [-0.15, -0.1) is 0 Å². The van der Waals surface area contributed by atoms with Crippen LogP contribution >= 0.6 is 0 Å². The average molecular weight is 238 g/mol. The van der Waals surface area contributed by atoms with E-state index in [2.05, 4.69) is 15.3 Å². The van der Waals surface area contributed by atoms with Gasteiger partial charge in [-0.1, -0.05) is 0 Å². The Morgan fingerprint density at radius 1 is 1.53 bits per heavy atom. The van der Waals surface area contributed by atoms with E-state index in [1.165, 1.54) is 0 Å². The fraction of sp³-hybridized carbons (Fsp3) is 0.636. The normalized spacial score (nSPS) is 17.2. The number of carboxylic acid groups (broad SMARTS) is 1. The maximum Gasteiger partial charge on any atom is 0.354 e. The minimum atomic E-state index is -0.894. The van der Waals surface area contributed by atoms with Crippen molar-refractivity contribution in [2.75, 3.05) is 26.2 Å². The summed E-state index contributed by atoms with van der Waals surface area (Å²) in [5, 5.41) is 16.6. The molecule has 94 valence electrons. The number of carbonyl (C=O) groups is 1. The van der Waals surface area contributed by atoms with E-state index in [1.54, 1.807) is 10.9 Å². The van der Waals surface area contributed by atoms with Crippen molar-refractivity contribution in [2.45, 2.75) is 20.0 Å². The Bertz CT molecular complexity index is 396. The zero-order valence-electron chi connectivity index (χ0n) is 10.0. The lowest BCUT2D eigenvalue weighted by molar-refractivity contribution is 0.0680. The van der Waals surface area contributed by atoms with E-state index in [4.69, 9.17) is 0 Å². The van der Waals surface area contributed by atoms with Crippen molar-refractivity contribution in [2.24, 2.45) is 0 Å². The Hall–Kier alpha value is -1.40. The number of aromatic nitrogens is 2. The third-order valence-electron chi connectivity index (χ3n) is 3.02. The van der Waals surface area contributed by atoms with Gasteiger partial charge in [0.05, 0.1) is 6.20 Å². The summed E-state index contributed by atoms with van der Waals surface area (Å²) in [7, 11) is 0. The molecule has 0 radical (unpaired) electrons. The molecule has 0 amide bonds. The molecule has 1 fully saturated rings. The molecular formula is C11H18N4O2. The minimum absolute atomic E-state index is 0.325. The lowest BCUT2D eigenvalue weighted by atomic mass is 10.2. The van der Waals surface area contributed by atoms with Gasteiger partial charge in [0, 0.05) is 44.8 Å². The molecule has 1 aliphatic rings. The third-order valence-corrected chi connectivity index (χ3v) is 3.02. The first-order valence-electron chi connectivity index (χ1n) is 5.93. The Kier molecular flexibility index (Phi) is 3.75. The van der Waals surface area contributed by atoms with Crippen LogP contribution in [-0.2, 0) is 13.1 Å². The summed E-state index contributed by atoms with van der Waals surface area (Å²) < 4.78 is 1.54. The fourth-order valence-electron chi connectivity index (χ4n) is 2.14. The molecule has 1 aromatic rings. The molecule has 0 atom stereocenters. The van der Waals surface area contributed by atoms with Crippen LogP contribution in [0.2, 0.25) is 0 Å². The zero-order chi connectivity index (χ0) is 12.3. The molecule has 0 spiro atoms. The second kappa shape index (κ2) is 5.29. The molecule has 0 unspecified atom stereocenters. The second-order valence-electron chi connectivity index (χ2n) is 4.17. The summed E-state index contributed by atoms with van der Waals surface area (Å²) in [6.07, 6.45) is 1.68. The summed E-state index contributed by atoms with van der Waals surface area (Å²) in [5.41, 5.74) is 1.13. The van der Waals surface area contributed by atoms with Crippen molar-refractivity contribution in [3.8, 4) is 0 Å². The van der Waals surface area contributed by atoms with Gasteiger partial charge in [0.1, 0.15) is 0 Å². The van der Waals surface area contributed by atoms with Crippen LogP contribution in [0.25, 0.3) is 0 Å². The van der Waals surface area contributed by atoms with Gasteiger partial charge in [-0.2, -0.15) is 5.10 Å². The van der Waals surface area contributed by atoms with E-state index < -0.39 is 5.97 Å². The van der Waals surface area contributed by atoms with Gasteiger partial charge in [0.25, 0.3) is 0 Å². The van der Waals surface area contributed by atoms with Crippen molar-refractivity contribution < 1.29 is 9.90 Å². The topological polar surface area (TPSA) is 70.4 Å². The molecule has 1 aromatic heterocycles. The van der Waals surface area contributed by atoms with Crippen molar-refractivity contribution in [3.05, 3.63) is 17.5 Å². The maximum atomic E-state index is 11.2. The minimum Gasteiger partial charge on any atom is -0.477 e. The highest BCUT2D eigenvalue weighted by Crippen LogP contribution is 2.12. The number of piperazine rings is 1. The number of aromatic carboxylic acids is 1. The van der Waals surface area contributed by atoms with Gasteiger partial charge in [0.2, 0.25) is 0 Å². The molecule has 1 saturated heterocycles. The summed E-state index contributed by atoms with van der Waals surface area (Å²) in [5.74, 6) is -0.894. The molecule has 6 nitrogen and oxygen atoms in total. The standard InChI is InChI=1S/C11H18N4O2/c1-2-15-10(11(16)17)9(7-13-15)8-14-5-3-12-4-6-14/h7,12H,2-6,8H2,1H3,(H,16,17). The van der Waals surface area contributed by atoms with E-state index in [1.807, 2.05) is 6.92 Å². The Morgan fingerprint density at radius 2 is 2.24 bits per heavy atom. The van der Waals surface area contributed by atoms with E-state index in [-0.39, 0.29) is 0 Å². The number of hydrogen-bond acceptors (Lipinski definition) is 4. The molecular weight excluding hydrogens is 220 g/mol. The van der Waals surface area contributed by atoms with Crippen LogP contribution in [0, 0.1) is 0 Å². The number of nitrogens with one attached hydrogen (secondary N) is 1. The number of hydrogen-bond donors (Lipinski definition) is 2. The first kappa shape index (κ1) is 12.1. The monoisotopic (exact) mass is 238 g/mol. The second-order valence-corrected chi connectivity index (χ2v) is 4.17. The van der Waals surface area contributed by atoms with Gasteiger partial charge in [-0.05, 0) is 6.92 Å². The van der Waals surface area contributed by atoms with Crippen molar-refractivity contribution in [3.63, 3.8) is 0 Å².